The Morgan fingerprint density at radius 1 is 0.333 bits per heavy atom. The van der Waals surface area contributed by atoms with Crippen LogP contribution in [0.5, 0.6) is 0 Å². The maximum atomic E-state index is 5.78. The molecule has 10 aromatic rings. The Morgan fingerprint density at radius 3 is 1.04 bits per heavy atom. The topological polar surface area (TPSA) is 35.6 Å². The van der Waals surface area contributed by atoms with Gasteiger partial charge in [-0.15, -0.1) is 0 Å². The second-order valence-electron chi connectivity index (χ2n) is 28.5. The maximum Gasteiger partial charge on any atom is 0.252 e. The van der Waals surface area contributed by atoms with Crippen molar-refractivity contribution in [2.45, 2.75) is 157 Å². The second kappa shape index (κ2) is 15.9. The molecule has 0 spiro atoms. The van der Waals surface area contributed by atoms with Crippen molar-refractivity contribution in [2.75, 3.05) is 0 Å². The molecule has 0 fully saturated rings. The predicted molar refractivity (Wildman–Crippen MR) is 324 cm³/mol. The van der Waals surface area contributed by atoms with Gasteiger partial charge < -0.3 is 9.13 Å². The molecule has 3 aromatic heterocycles. The number of benzene rings is 7. The van der Waals surface area contributed by atoms with Gasteiger partial charge in [0, 0.05) is 60.6 Å². The first-order valence-electron chi connectivity index (χ1n) is 27.5. The number of fused-ring (bicyclic) bond motifs is 10. The first-order valence-corrected chi connectivity index (χ1v) is 27.5. The van der Waals surface area contributed by atoms with E-state index >= 15 is 0 Å². The summed E-state index contributed by atoms with van der Waals surface area (Å²) in [5, 5.41) is 5.16. The largest absolute Gasteiger partial charge is 0.310 e. The lowest BCUT2D eigenvalue weighted by atomic mass is 9.34. The van der Waals surface area contributed by atoms with Gasteiger partial charge >= 0.3 is 0 Å². The molecule has 0 atom stereocenters. The SMILES string of the molecule is CC(C)(C)c1cc(-c2cc(-c3cc(C(C)(C)C)cc(C(C)(C)C)c3)nc(-c3cc4c5c(c3)-n3c6ccc(C(C)(C)C)cc6c6cccc(c63)B5c3cccc5c6cc(C(C)(C)C)ccc6n-4c35)n2)cc(C(C)(C)C)c1. The van der Waals surface area contributed by atoms with Gasteiger partial charge in [0.25, 0.3) is 6.71 Å². The van der Waals surface area contributed by atoms with Gasteiger partial charge in [-0.25, -0.2) is 9.97 Å². The Labute approximate surface area is 446 Å². The van der Waals surface area contributed by atoms with Gasteiger partial charge in [0.15, 0.2) is 5.82 Å². The third-order valence-corrected chi connectivity index (χ3v) is 16.8. The minimum atomic E-state index is -0.0708. The van der Waals surface area contributed by atoms with E-state index in [0.717, 1.165) is 33.9 Å². The molecule has 378 valence electrons. The standard InChI is InChI=1S/C70H75BN4/c1-65(2,3)43-25-27-57-51(37-43)49-21-19-23-53-62(49)74(57)59-33-42(34-60-61(59)71(53)54-24-20-22-50-52-38-44(66(4,5)6)26-28-58(52)75(60)63(50)54)64-72-55(40-29-45(67(7,8)9)35-46(30-40)68(10,11)12)39-56(73-64)41-31-47(69(13,14)15)36-48(32-41)70(16,17)18/h19-39H,1-18H3. The zero-order valence-corrected chi connectivity index (χ0v) is 48.0. The Kier molecular flexibility index (Phi) is 10.4. The van der Waals surface area contributed by atoms with Crippen LogP contribution in [0.25, 0.3) is 88.9 Å². The molecule has 0 bridgehead atoms. The van der Waals surface area contributed by atoms with E-state index in [4.69, 9.17) is 9.97 Å². The van der Waals surface area contributed by atoms with Gasteiger partial charge in [-0.05, 0) is 149 Å². The van der Waals surface area contributed by atoms with Crippen LogP contribution in [0, 0.1) is 0 Å². The summed E-state index contributed by atoms with van der Waals surface area (Å²) in [5.74, 6) is 0.721. The molecule has 0 saturated carbocycles. The van der Waals surface area contributed by atoms with E-state index in [-0.39, 0.29) is 39.2 Å². The van der Waals surface area contributed by atoms with Crippen LogP contribution in [-0.2, 0) is 32.5 Å². The summed E-state index contributed by atoms with van der Waals surface area (Å²) in [5.41, 5.74) is 24.1. The normalized spacial score (nSPS) is 14.0. The van der Waals surface area contributed by atoms with Crippen molar-refractivity contribution < 1.29 is 0 Å². The Balaban J connectivity index is 1.23. The predicted octanol–water partition coefficient (Wildman–Crippen LogP) is 16.6. The van der Waals surface area contributed by atoms with Crippen LogP contribution < -0.4 is 16.4 Å². The molecule has 5 heteroatoms. The highest BCUT2D eigenvalue weighted by atomic mass is 15.0. The summed E-state index contributed by atoms with van der Waals surface area (Å²) in [7, 11) is 0. The van der Waals surface area contributed by atoms with E-state index in [2.05, 4.69) is 261 Å². The lowest BCUT2D eigenvalue weighted by molar-refractivity contribution is 0.568. The summed E-state index contributed by atoms with van der Waals surface area (Å²) in [6.45, 7) is 41.8. The minimum Gasteiger partial charge on any atom is -0.310 e. The summed E-state index contributed by atoms with van der Waals surface area (Å²) in [4.78, 5) is 11.6. The van der Waals surface area contributed by atoms with E-state index in [0.29, 0.717) is 0 Å². The summed E-state index contributed by atoms with van der Waals surface area (Å²) >= 11 is 0. The zero-order valence-electron chi connectivity index (χ0n) is 48.0. The number of para-hydroxylation sites is 2. The minimum absolute atomic E-state index is 0.00263. The maximum absolute atomic E-state index is 5.78. The van der Waals surface area contributed by atoms with E-state index in [1.165, 1.54) is 105 Å². The van der Waals surface area contributed by atoms with Crippen LogP contribution in [0.4, 0.5) is 0 Å². The molecule has 7 aromatic carbocycles. The quantitative estimate of drug-likeness (QED) is 0.165. The molecular formula is C70H75BN4. The third kappa shape index (κ3) is 7.84. The molecule has 2 aliphatic rings. The summed E-state index contributed by atoms with van der Waals surface area (Å²) in [6.07, 6.45) is 0. The number of hydrogen-bond acceptors (Lipinski definition) is 2. The monoisotopic (exact) mass is 983 g/mol. The van der Waals surface area contributed by atoms with Crippen molar-refractivity contribution in [1.29, 1.82) is 0 Å². The van der Waals surface area contributed by atoms with E-state index < -0.39 is 0 Å². The molecule has 0 N–H and O–H groups in total. The Hall–Kier alpha value is -6.72. The number of hydrogen-bond donors (Lipinski definition) is 0. The molecule has 75 heavy (non-hydrogen) atoms. The van der Waals surface area contributed by atoms with Crippen LogP contribution in [0.3, 0.4) is 0 Å². The first-order chi connectivity index (χ1) is 34.9. The third-order valence-electron chi connectivity index (χ3n) is 16.8. The number of nitrogens with zero attached hydrogens (tertiary/aromatic N) is 4. The van der Waals surface area contributed by atoms with Crippen molar-refractivity contribution >= 4 is 66.7 Å². The smallest absolute Gasteiger partial charge is 0.252 e. The van der Waals surface area contributed by atoms with Crippen LogP contribution >= 0.6 is 0 Å². The molecule has 4 nitrogen and oxygen atoms in total. The van der Waals surface area contributed by atoms with E-state index in [1.54, 1.807) is 0 Å². The summed E-state index contributed by atoms with van der Waals surface area (Å²) < 4.78 is 5.19. The fourth-order valence-corrected chi connectivity index (χ4v) is 12.1. The lowest BCUT2D eigenvalue weighted by Gasteiger charge is -2.34. The molecule has 12 rings (SSSR count). The van der Waals surface area contributed by atoms with Crippen LogP contribution in [0.2, 0.25) is 0 Å². The molecule has 0 saturated heterocycles. The molecule has 2 aliphatic heterocycles. The van der Waals surface area contributed by atoms with Gasteiger partial charge in [-0.1, -0.05) is 185 Å². The number of aromatic nitrogens is 4. The van der Waals surface area contributed by atoms with Gasteiger partial charge in [0.1, 0.15) is 0 Å². The van der Waals surface area contributed by atoms with Crippen LogP contribution in [0.15, 0.2) is 127 Å². The fourth-order valence-electron chi connectivity index (χ4n) is 12.1. The van der Waals surface area contributed by atoms with Gasteiger partial charge in [-0.2, -0.15) is 0 Å². The van der Waals surface area contributed by atoms with Gasteiger partial charge in [0.05, 0.1) is 22.4 Å². The highest BCUT2D eigenvalue weighted by Gasteiger charge is 2.41. The fraction of sp³-hybridized carbons (Fsp3) is 0.343. The Bertz CT molecular complexity index is 3740. The van der Waals surface area contributed by atoms with Gasteiger partial charge in [0.2, 0.25) is 0 Å². The second-order valence-corrected chi connectivity index (χ2v) is 28.5. The Morgan fingerprint density at radius 2 is 0.693 bits per heavy atom. The lowest BCUT2D eigenvalue weighted by Crippen LogP contribution is -2.59. The zero-order chi connectivity index (χ0) is 53.4. The molecule has 0 unspecified atom stereocenters. The highest BCUT2D eigenvalue weighted by molar-refractivity contribution is 7.00. The average Bonchev–Trinajstić information content (AvgIpc) is 3.93. The summed E-state index contributed by atoms with van der Waals surface area (Å²) in [6, 6.07) is 50.0. The van der Waals surface area contributed by atoms with Crippen molar-refractivity contribution in [3.05, 3.63) is 161 Å². The van der Waals surface area contributed by atoms with Crippen molar-refractivity contribution in [3.63, 3.8) is 0 Å². The van der Waals surface area contributed by atoms with Crippen molar-refractivity contribution in [1.82, 2.24) is 19.1 Å². The van der Waals surface area contributed by atoms with Crippen LogP contribution in [-0.4, -0.2) is 25.8 Å². The number of rotatable bonds is 3. The van der Waals surface area contributed by atoms with E-state index in [9.17, 15) is 0 Å². The molecule has 0 aliphatic carbocycles. The molecule has 5 heterocycles. The first kappa shape index (κ1) is 49.2. The molecular weight excluding hydrogens is 908 g/mol. The van der Waals surface area contributed by atoms with Crippen molar-refractivity contribution in [2.24, 2.45) is 0 Å². The molecule has 0 amide bonds. The van der Waals surface area contributed by atoms with Crippen molar-refractivity contribution in [3.8, 4) is 45.3 Å². The average molecular weight is 983 g/mol. The van der Waals surface area contributed by atoms with Gasteiger partial charge in [-0.3, -0.25) is 0 Å². The van der Waals surface area contributed by atoms with E-state index in [1.807, 2.05) is 0 Å². The molecule has 0 radical (unpaired) electrons. The van der Waals surface area contributed by atoms with Crippen LogP contribution in [0.1, 0.15) is 158 Å². The highest BCUT2D eigenvalue weighted by Crippen LogP contribution is 2.44.